The number of anilines is 6. The quantitative estimate of drug-likeness (QED) is 0.127. The molecule has 2 aliphatic rings. The van der Waals surface area contributed by atoms with Gasteiger partial charge in [-0.25, -0.2) is 0 Å². The molecule has 0 bridgehead atoms. The van der Waals surface area contributed by atoms with Crippen molar-refractivity contribution in [1.29, 1.82) is 0 Å². The number of hydrogen-bond acceptors (Lipinski definition) is 2. The van der Waals surface area contributed by atoms with Crippen molar-refractivity contribution < 1.29 is 0 Å². The molecule has 0 unspecified atom stereocenters. The van der Waals surface area contributed by atoms with E-state index in [2.05, 4.69) is 265 Å². The van der Waals surface area contributed by atoms with E-state index in [1.54, 1.807) is 0 Å². The molecule has 0 atom stereocenters. The van der Waals surface area contributed by atoms with Gasteiger partial charge in [-0.05, 0) is 209 Å². The second-order valence-electron chi connectivity index (χ2n) is 24.0. The fraction of sp³-hybridized carbons (Fsp3) is 0.179. The van der Waals surface area contributed by atoms with Gasteiger partial charge in [0.05, 0.1) is 33.4 Å². The average Bonchev–Trinajstić information content (AvgIpc) is 3.04. The first-order valence-corrected chi connectivity index (χ1v) is 30.2. The predicted octanol–water partition coefficient (Wildman–Crippen LogP) is 21.7. The van der Waals surface area contributed by atoms with Crippen molar-refractivity contribution in [2.75, 3.05) is 9.80 Å². The van der Waals surface area contributed by atoms with E-state index in [1.165, 1.54) is 180 Å². The minimum atomic E-state index is 0.263. The monoisotopic (exact) mass is 1060 g/mol. The zero-order chi connectivity index (χ0) is 54.7. The van der Waals surface area contributed by atoms with E-state index in [0.717, 1.165) is 25.7 Å². The molecule has 0 aliphatic heterocycles. The molecule has 16 rings (SSSR count). The van der Waals surface area contributed by atoms with Crippen LogP contribution in [0.3, 0.4) is 0 Å². The van der Waals surface area contributed by atoms with Crippen molar-refractivity contribution in [1.82, 2.24) is 9.13 Å². The van der Waals surface area contributed by atoms with Gasteiger partial charge >= 0.3 is 0 Å². The molecule has 0 fully saturated rings. The van der Waals surface area contributed by atoms with Crippen molar-refractivity contribution in [3.63, 3.8) is 0 Å². The first-order valence-electron chi connectivity index (χ1n) is 30.2. The Morgan fingerprint density at radius 2 is 0.720 bits per heavy atom. The van der Waals surface area contributed by atoms with Gasteiger partial charge in [0.1, 0.15) is 0 Å². The van der Waals surface area contributed by atoms with Gasteiger partial charge in [-0.1, -0.05) is 155 Å². The van der Waals surface area contributed by atoms with Crippen molar-refractivity contribution in [2.45, 2.75) is 90.9 Å². The van der Waals surface area contributed by atoms with Gasteiger partial charge in [0.15, 0.2) is 0 Å². The molecule has 2 heterocycles. The molecule has 4 heteroatoms. The highest BCUT2D eigenvalue weighted by atomic mass is 15.2. The summed E-state index contributed by atoms with van der Waals surface area (Å²) in [6.45, 7) is 9.58. The molecule has 0 saturated carbocycles. The van der Waals surface area contributed by atoms with Crippen molar-refractivity contribution in [2.24, 2.45) is 0 Å². The van der Waals surface area contributed by atoms with E-state index in [4.69, 9.17) is 0 Å². The van der Waals surface area contributed by atoms with Gasteiger partial charge in [0.2, 0.25) is 0 Å². The van der Waals surface area contributed by atoms with Crippen LogP contribution >= 0.6 is 0 Å². The van der Waals surface area contributed by atoms with Crippen LogP contribution in [0.2, 0.25) is 0 Å². The number of para-hydroxylation sites is 4. The second kappa shape index (κ2) is 19.3. The third kappa shape index (κ3) is 7.50. The molecule has 2 aromatic heterocycles. The fourth-order valence-corrected chi connectivity index (χ4v) is 15.0. The number of fused-ring (bicyclic) bond motifs is 8. The van der Waals surface area contributed by atoms with Crippen molar-refractivity contribution in [3.05, 3.63) is 252 Å². The summed E-state index contributed by atoms with van der Waals surface area (Å²) in [5.74, 6) is 0.528. The molecule has 82 heavy (non-hydrogen) atoms. The molecule has 14 aromatic rings. The molecule has 0 N–H and O–H groups in total. The minimum absolute atomic E-state index is 0.263. The summed E-state index contributed by atoms with van der Waals surface area (Å²) in [5.41, 5.74) is 23.3. The van der Waals surface area contributed by atoms with Crippen LogP contribution in [-0.4, -0.2) is 9.13 Å². The Morgan fingerprint density at radius 1 is 0.305 bits per heavy atom. The number of aromatic nitrogens is 2. The maximum absolute atomic E-state index is 2.67. The summed E-state index contributed by atoms with van der Waals surface area (Å²) in [4.78, 5) is 5.34. The van der Waals surface area contributed by atoms with Crippen LogP contribution in [0.15, 0.2) is 218 Å². The lowest BCUT2D eigenvalue weighted by molar-refractivity contribution is 0.686. The minimum Gasteiger partial charge on any atom is -0.310 e. The zero-order valence-electron chi connectivity index (χ0n) is 47.4. The molecule has 12 aromatic carbocycles. The van der Waals surface area contributed by atoms with Crippen molar-refractivity contribution >= 4 is 110 Å². The number of hydrogen-bond donors (Lipinski definition) is 0. The summed E-state index contributed by atoms with van der Waals surface area (Å²) in [5, 5.41) is 13.0. The van der Waals surface area contributed by atoms with E-state index in [0.29, 0.717) is 0 Å². The smallest absolute Gasteiger partial charge is 0.0561 e. The topological polar surface area (TPSA) is 16.3 Å². The molecule has 398 valence electrons. The molecule has 0 saturated heterocycles. The second-order valence-corrected chi connectivity index (χ2v) is 24.0. The van der Waals surface area contributed by atoms with Crippen LogP contribution in [0.5, 0.6) is 0 Å². The van der Waals surface area contributed by atoms with Crippen LogP contribution < -0.4 is 9.80 Å². The first-order chi connectivity index (χ1) is 40.4. The number of nitrogens with zero attached hydrogens (tertiary/aromatic N) is 4. The largest absolute Gasteiger partial charge is 0.310 e. The highest BCUT2D eigenvalue weighted by Gasteiger charge is 2.30. The summed E-state index contributed by atoms with van der Waals surface area (Å²) < 4.78 is 4.91. The van der Waals surface area contributed by atoms with Crippen LogP contribution in [-0.2, 0) is 25.7 Å². The highest BCUT2D eigenvalue weighted by Crippen LogP contribution is 2.53. The average molecular weight is 1060 g/mol. The molecule has 0 radical (unpaired) electrons. The Balaban J connectivity index is 0.998. The van der Waals surface area contributed by atoms with E-state index < -0.39 is 0 Å². The predicted molar refractivity (Wildman–Crippen MR) is 350 cm³/mol. The number of benzene rings is 12. The van der Waals surface area contributed by atoms with Gasteiger partial charge in [0.25, 0.3) is 0 Å². The standard InChI is InChI=1S/C78H66N4/c1-49(2)66-47-75(81(69-35-19-23-51-21-11-13-29-57(51)69)55-38-44-73-68(45-55)60-32-16-18-34-72(60)79(73)53-25-7-5-8-26-53)64-42-40-63-67(50(3)4)48-76(65-43-41-62(66)77(64)78(63)65)82(70-36-20-24-52-22-12-14-30-58(52)70)56-37-39-61-59-31-15-17-33-71(59)80(74(61)46-56)54-27-9-6-10-28-54/h5-10,15-20,23-28,31-50H,11-14,21-22,29-30H2,1-4H3. The van der Waals surface area contributed by atoms with E-state index in [-0.39, 0.29) is 11.8 Å². The molecule has 4 nitrogen and oxygen atoms in total. The molecular weight excluding hydrogens is 993 g/mol. The summed E-state index contributed by atoms with van der Waals surface area (Å²) in [6, 6.07) is 83.5. The SMILES string of the molecule is CC(C)c1cc(N(c2ccc3c(c2)c2ccccc2n3-c2ccccc2)c2cccc3c2CCCC3)c2ccc3c(C(C)C)cc(N(c4ccc5c6ccccc6n(-c6ccccc6)c5c4)c4cccc5c4CCCC5)c4ccc1c2c34. The van der Waals surface area contributed by atoms with Crippen LogP contribution in [0.4, 0.5) is 34.1 Å². The maximum atomic E-state index is 2.67. The third-order valence-corrected chi connectivity index (χ3v) is 18.7. The van der Waals surface area contributed by atoms with Gasteiger partial charge < -0.3 is 18.9 Å². The Labute approximate surface area is 480 Å². The van der Waals surface area contributed by atoms with Crippen LogP contribution in [0.1, 0.15) is 98.6 Å². The maximum Gasteiger partial charge on any atom is 0.0561 e. The Kier molecular flexibility index (Phi) is 11.5. The van der Waals surface area contributed by atoms with Gasteiger partial charge in [-0.15, -0.1) is 0 Å². The van der Waals surface area contributed by atoms with E-state index in [1.807, 2.05) is 0 Å². The Bertz CT molecular complexity index is 4820. The molecule has 0 spiro atoms. The lowest BCUT2D eigenvalue weighted by Gasteiger charge is -2.34. The number of aryl methyl sites for hydroxylation is 2. The Hall–Kier alpha value is -9.12. The summed E-state index contributed by atoms with van der Waals surface area (Å²) in [6.07, 6.45) is 9.20. The van der Waals surface area contributed by atoms with Gasteiger partial charge in [0, 0.05) is 66.4 Å². The fourth-order valence-electron chi connectivity index (χ4n) is 15.0. The van der Waals surface area contributed by atoms with E-state index in [9.17, 15) is 0 Å². The highest BCUT2D eigenvalue weighted by molar-refractivity contribution is 6.30. The molecule has 0 amide bonds. The Morgan fingerprint density at radius 3 is 1.26 bits per heavy atom. The van der Waals surface area contributed by atoms with Gasteiger partial charge in [-0.3, -0.25) is 0 Å². The normalized spacial score (nSPS) is 13.7. The lowest BCUT2D eigenvalue weighted by Crippen LogP contribution is -2.17. The summed E-state index contributed by atoms with van der Waals surface area (Å²) in [7, 11) is 0. The molecule has 2 aliphatic carbocycles. The first kappa shape index (κ1) is 48.8. The van der Waals surface area contributed by atoms with Crippen LogP contribution in [0.25, 0.3) is 87.3 Å². The van der Waals surface area contributed by atoms with Gasteiger partial charge in [-0.2, -0.15) is 0 Å². The van der Waals surface area contributed by atoms with Crippen molar-refractivity contribution in [3.8, 4) is 11.4 Å². The molecular formula is C78H66N4. The lowest BCUT2D eigenvalue weighted by atomic mass is 9.83. The number of rotatable bonds is 10. The van der Waals surface area contributed by atoms with E-state index >= 15 is 0 Å². The summed E-state index contributed by atoms with van der Waals surface area (Å²) >= 11 is 0. The zero-order valence-corrected chi connectivity index (χ0v) is 47.4. The third-order valence-electron chi connectivity index (χ3n) is 18.7. The van der Waals surface area contributed by atoms with Crippen LogP contribution in [0, 0.1) is 0 Å².